The van der Waals surface area contributed by atoms with E-state index in [0.29, 0.717) is 6.54 Å². The van der Waals surface area contributed by atoms with Gasteiger partial charge in [0.25, 0.3) is 0 Å². The van der Waals surface area contributed by atoms with Crippen LogP contribution in [0.4, 0.5) is 5.00 Å². The maximum absolute atomic E-state index is 4.92. The molecule has 0 unspecified atom stereocenters. The Labute approximate surface area is 187 Å². The number of piperazine rings is 1. The zero-order valence-electron chi connectivity index (χ0n) is 16.0. The second kappa shape index (κ2) is 10.1. The van der Waals surface area contributed by atoms with Gasteiger partial charge in [0.05, 0.1) is 17.1 Å². The minimum absolute atomic E-state index is 0. The number of para-hydroxylation sites is 1. The molecule has 2 aromatic heterocycles. The molecule has 3 aromatic rings. The van der Waals surface area contributed by atoms with E-state index >= 15 is 0 Å². The van der Waals surface area contributed by atoms with Crippen molar-refractivity contribution in [3.63, 3.8) is 0 Å². The van der Waals surface area contributed by atoms with Crippen LogP contribution in [0.25, 0.3) is 10.9 Å². The van der Waals surface area contributed by atoms with E-state index in [1.54, 1.807) is 0 Å². The summed E-state index contributed by atoms with van der Waals surface area (Å²) in [4.78, 5) is 14.3. The molecule has 0 radical (unpaired) electrons. The predicted octanol–water partition coefficient (Wildman–Crippen LogP) is 4.20. The first-order valence-corrected chi connectivity index (χ1v) is 10.4. The maximum atomic E-state index is 4.92. The van der Waals surface area contributed by atoms with Crippen molar-refractivity contribution < 1.29 is 0 Å². The van der Waals surface area contributed by atoms with Crippen LogP contribution in [-0.2, 0) is 6.54 Å². The second-order valence-corrected chi connectivity index (χ2v) is 7.51. The third-order valence-electron chi connectivity index (χ3n) is 4.85. The van der Waals surface area contributed by atoms with Crippen molar-refractivity contribution in [3.8, 4) is 0 Å². The largest absolute Gasteiger partial charge is 0.360 e. The molecule has 1 saturated heterocycles. The lowest BCUT2D eigenvalue weighted by molar-refractivity contribution is 0.373. The number of pyridine rings is 1. The molecule has 5 nitrogen and oxygen atoms in total. The van der Waals surface area contributed by atoms with Gasteiger partial charge in [-0.1, -0.05) is 24.3 Å². The van der Waals surface area contributed by atoms with Crippen molar-refractivity contribution in [1.29, 1.82) is 0 Å². The van der Waals surface area contributed by atoms with Crippen LogP contribution in [0.15, 0.2) is 59.0 Å². The van der Waals surface area contributed by atoms with Crippen LogP contribution >= 0.6 is 35.3 Å². The fourth-order valence-corrected chi connectivity index (χ4v) is 4.25. The minimum Gasteiger partial charge on any atom is -0.360 e. The lowest BCUT2D eigenvalue weighted by Gasteiger charge is -2.37. The molecule has 28 heavy (non-hydrogen) atoms. The first-order chi connectivity index (χ1) is 13.3. The molecule has 0 saturated carbocycles. The number of thiophene rings is 1. The zero-order chi connectivity index (χ0) is 18.5. The smallest absolute Gasteiger partial charge is 0.194 e. The Bertz CT molecular complexity index is 899. The van der Waals surface area contributed by atoms with Crippen molar-refractivity contribution in [2.75, 3.05) is 37.6 Å². The summed E-state index contributed by atoms with van der Waals surface area (Å²) in [5.74, 6) is 0.997. The molecule has 0 aliphatic carbocycles. The van der Waals surface area contributed by atoms with Gasteiger partial charge in [0.15, 0.2) is 5.96 Å². The number of aromatic nitrogens is 1. The highest BCUT2D eigenvalue weighted by Gasteiger charge is 2.20. The molecule has 0 atom stereocenters. The van der Waals surface area contributed by atoms with E-state index in [1.165, 1.54) is 16.0 Å². The molecule has 1 N–H and O–H groups in total. The van der Waals surface area contributed by atoms with Gasteiger partial charge in [-0.2, -0.15) is 0 Å². The summed E-state index contributed by atoms with van der Waals surface area (Å²) in [5, 5.41) is 8.13. The number of halogens is 1. The van der Waals surface area contributed by atoms with Gasteiger partial charge in [0, 0.05) is 44.3 Å². The van der Waals surface area contributed by atoms with Gasteiger partial charge in [0.2, 0.25) is 0 Å². The van der Waals surface area contributed by atoms with Crippen molar-refractivity contribution in [2.24, 2.45) is 4.99 Å². The highest BCUT2D eigenvalue weighted by Crippen LogP contribution is 2.22. The molecule has 0 amide bonds. The van der Waals surface area contributed by atoms with E-state index in [0.717, 1.165) is 44.2 Å². The molecule has 1 fully saturated rings. The quantitative estimate of drug-likeness (QED) is 0.327. The fraction of sp³-hybridized carbons (Fsp3) is 0.333. The van der Waals surface area contributed by atoms with Crippen LogP contribution in [0.3, 0.4) is 0 Å². The number of hydrogen-bond acceptors (Lipinski definition) is 4. The number of rotatable bonds is 4. The van der Waals surface area contributed by atoms with Gasteiger partial charge in [-0.05, 0) is 36.1 Å². The highest BCUT2D eigenvalue weighted by molar-refractivity contribution is 14.0. The summed E-state index contributed by atoms with van der Waals surface area (Å²) in [5.41, 5.74) is 2.21. The first-order valence-electron chi connectivity index (χ1n) is 9.49. The Kier molecular flexibility index (Phi) is 7.50. The Morgan fingerprint density at radius 1 is 1.11 bits per heavy atom. The summed E-state index contributed by atoms with van der Waals surface area (Å²) < 4.78 is 0. The summed E-state index contributed by atoms with van der Waals surface area (Å²) >= 11 is 1.81. The minimum atomic E-state index is 0. The summed E-state index contributed by atoms with van der Waals surface area (Å²) in [6, 6.07) is 14.7. The van der Waals surface area contributed by atoms with Gasteiger partial charge < -0.3 is 15.1 Å². The average Bonchev–Trinajstić information content (AvgIpc) is 3.26. The van der Waals surface area contributed by atoms with Crippen LogP contribution in [0.5, 0.6) is 0 Å². The zero-order valence-corrected chi connectivity index (χ0v) is 19.2. The van der Waals surface area contributed by atoms with E-state index < -0.39 is 0 Å². The number of aliphatic imine (C=N–C) groups is 1. The lowest BCUT2D eigenvalue weighted by atomic mass is 10.1. The molecule has 7 heteroatoms. The van der Waals surface area contributed by atoms with Crippen LogP contribution in [0.1, 0.15) is 12.5 Å². The SMILES string of the molecule is CCNC(=NCc1cccc2cccnc12)N1CCN(c2cccs2)CC1.I. The van der Waals surface area contributed by atoms with Crippen LogP contribution < -0.4 is 10.2 Å². The first kappa shape index (κ1) is 20.9. The molecule has 148 valence electrons. The van der Waals surface area contributed by atoms with Gasteiger partial charge >= 0.3 is 0 Å². The molecular formula is C21H26IN5S. The number of hydrogen-bond donors (Lipinski definition) is 1. The number of nitrogens with zero attached hydrogens (tertiary/aromatic N) is 4. The van der Waals surface area contributed by atoms with E-state index in [1.807, 2.05) is 23.6 Å². The second-order valence-electron chi connectivity index (χ2n) is 6.59. The molecule has 3 heterocycles. The van der Waals surface area contributed by atoms with E-state index in [9.17, 15) is 0 Å². The van der Waals surface area contributed by atoms with Gasteiger partial charge in [0.1, 0.15) is 0 Å². The Hall–Kier alpha value is -1.87. The molecular weight excluding hydrogens is 481 g/mol. The molecule has 0 spiro atoms. The number of guanidine groups is 1. The van der Waals surface area contributed by atoms with E-state index in [4.69, 9.17) is 4.99 Å². The van der Waals surface area contributed by atoms with Crippen molar-refractivity contribution in [1.82, 2.24) is 15.2 Å². The van der Waals surface area contributed by atoms with Crippen molar-refractivity contribution >= 4 is 57.2 Å². The molecule has 1 aromatic carbocycles. The van der Waals surface area contributed by atoms with E-state index in [-0.39, 0.29) is 24.0 Å². The van der Waals surface area contributed by atoms with Crippen molar-refractivity contribution in [2.45, 2.75) is 13.5 Å². The third kappa shape index (κ3) is 4.75. The van der Waals surface area contributed by atoms with Crippen LogP contribution in [0, 0.1) is 0 Å². The maximum Gasteiger partial charge on any atom is 0.194 e. The van der Waals surface area contributed by atoms with E-state index in [2.05, 4.69) is 68.8 Å². The van der Waals surface area contributed by atoms with Crippen LogP contribution in [-0.4, -0.2) is 48.6 Å². The van der Waals surface area contributed by atoms with Gasteiger partial charge in [-0.25, -0.2) is 4.99 Å². The molecule has 0 bridgehead atoms. The predicted molar refractivity (Wildman–Crippen MR) is 130 cm³/mol. The lowest BCUT2D eigenvalue weighted by Crippen LogP contribution is -2.52. The number of benzene rings is 1. The topological polar surface area (TPSA) is 43.8 Å². The summed E-state index contributed by atoms with van der Waals surface area (Å²) in [7, 11) is 0. The molecule has 1 aliphatic heterocycles. The van der Waals surface area contributed by atoms with Crippen molar-refractivity contribution in [3.05, 3.63) is 59.6 Å². The van der Waals surface area contributed by atoms with Gasteiger partial charge in [-0.3, -0.25) is 4.98 Å². The Morgan fingerprint density at radius 3 is 2.68 bits per heavy atom. The third-order valence-corrected chi connectivity index (χ3v) is 5.78. The fourth-order valence-electron chi connectivity index (χ4n) is 3.47. The summed E-state index contributed by atoms with van der Waals surface area (Å²) in [6.45, 7) is 7.66. The summed E-state index contributed by atoms with van der Waals surface area (Å²) in [6.07, 6.45) is 1.85. The Morgan fingerprint density at radius 2 is 1.93 bits per heavy atom. The normalized spacial score (nSPS) is 14.8. The highest BCUT2D eigenvalue weighted by atomic mass is 127. The Balaban J connectivity index is 0.00000225. The standard InChI is InChI=1S/C21H25N5S.HI/c1-2-22-21(26-13-11-25(12-14-26)19-9-5-15-27-19)24-16-18-7-3-6-17-8-4-10-23-20(17)18;/h3-10,15H,2,11-14,16H2,1H3,(H,22,24);1H. The van der Waals surface area contributed by atoms with Gasteiger partial charge in [-0.15, -0.1) is 35.3 Å². The van der Waals surface area contributed by atoms with Crippen LogP contribution in [0.2, 0.25) is 0 Å². The monoisotopic (exact) mass is 507 g/mol. The number of nitrogens with one attached hydrogen (secondary N) is 1. The molecule has 4 rings (SSSR count). The number of fused-ring (bicyclic) bond motifs is 1. The molecule has 1 aliphatic rings. The average molecular weight is 507 g/mol. The number of anilines is 1.